The first kappa shape index (κ1) is 9.49. The lowest BCUT2D eigenvalue weighted by Crippen LogP contribution is -1.95. The topological polar surface area (TPSA) is 54.4 Å². The van der Waals surface area contributed by atoms with Crippen LogP contribution in [0.25, 0.3) is 0 Å². The van der Waals surface area contributed by atoms with Crippen LogP contribution in [-0.4, -0.2) is 17.4 Å². The summed E-state index contributed by atoms with van der Waals surface area (Å²) in [6, 6.07) is 1.50. The van der Waals surface area contributed by atoms with E-state index < -0.39 is 5.97 Å². The second kappa shape index (κ2) is 4.43. The molecule has 0 aliphatic rings. The summed E-state index contributed by atoms with van der Waals surface area (Å²) in [6.07, 6.45) is 0.817. The number of hydrogen-bond donors (Lipinski definition) is 1. The Morgan fingerprint density at radius 1 is 1.69 bits per heavy atom. The largest absolute Gasteiger partial charge is 0.478 e. The molecule has 0 unspecified atom stereocenters. The Morgan fingerprint density at radius 3 is 3.08 bits per heavy atom. The predicted octanol–water partition coefficient (Wildman–Crippen LogP) is 1.39. The maximum atomic E-state index is 10.6. The molecule has 1 rings (SSSR count). The standard InChI is InChI=1S/C9H6O3S/c10-5-2-1-3-8-7(9(11)12)4-6-13-8/h4-6H,2H2,(H,11,12). The number of carbonyl (C=O) groups excluding carboxylic acids is 1. The van der Waals surface area contributed by atoms with Gasteiger partial charge >= 0.3 is 5.97 Å². The van der Waals surface area contributed by atoms with E-state index in [1.165, 1.54) is 17.4 Å². The van der Waals surface area contributed by atoms with Crippen molar-refractivity contribution in [3.63, 3.8) is 0 Å². The molecule has 0 radical (unpaired) electrons. The Balaban J connectivity index is 2.90. The number of thiophene rings is 1. The van der Waals surface area contributed by atoms with Gasteiger partial charge in [0.1, 0.15) is 6.29 Å². The number of carbonyl (C=O) groups is 2. The molecule has 4 heteroatoms. The van der Waals surface area contributed by atoms with Gasteiger partial charge in [-0.15, -0.1) is 11.3 Å². The summed E-state index contributed by atoms with van der Waals surface area (Å²) in [6.45, 7) is 0. The molecule has 0 fully saturated rings. The van der Waals surface area contributed by atoms with Gasteiger partial charge in [-0.2, -0.15) is 0 Å². The fourth-order valence-electron chi connectivity index (χ4n) is 0.747. The van der Waals surface area contributed by atoms with E-state index in [0.29, 0.717) is 11.2 Å². The van der Waals surface area contributed by atoms with E-state index in [2.05, 4.69) is 11.8 Å². The van der Waals surface area contributed by atoms with Gasteiger partial charge in [-0.1, -0.05) is 11.8 Å². The van der Waals surface area contributed by atoms with Gasteiger partial charge in [-0.25, -0.2) is 4.79 Å². The number of rotatable bonds is 2. The van der Waals surface area contributed by atoms with Crippen molar-refractivity contribution in [1.82, 2.24) is 0 Å². The van der Waals surface area contributed by atoms with Crippen LogP contribution >= 0.6 is 11.3 Å². The number of carboxylic acid groups (broad SMARTS) is 1. The van der Waals surface area contributed by atoms with Crippen LogP contribution in [0.2, 0.25) is 0 Å². The van der Waals surface area contributed by atoms with Crippen molar-refractivity contribution in [1.29, 1.82) is 0 Å². The molecule has 0 bridgehead atoms. The van der Waals surface area contributed by atoms with E-state index in [1.54, 1.807) is 5.38 Å². The van der Waals surface area contributed by atoms with Crippen molar-refractivity contribution >= 4 is 23.6 Å². The molecule has 0 aromatic carbocycles. The fourth-order valence-corrected chi connectivity index (χ4v) is 1.50. The van der Waals surface area contributed by atoms with E-state index in [1.807, 2.05) is 0 Å². The molecule has 1 aromatic heterocycles. The lowest BCUT2D eigenvalue weighted by Gasteiger charge is -1.87. The molecule has 0 amide bonds. The van der Waals surface area contributed by atoms with Crippen molar-refractivity contribution in [2.24, 2.45) is 0 Å². The Labute approximate surface area is 79.0 Å². The highest BCUT2D eigenvalue weighted by Crippen LogP contribution is 2.14. The third kappa shape index (κ3) is 2.42. The van der Waals surface area contributed by atoms with Gasteiger partial charge in [0.15, 0.2) is 0 Å². The SMILES string of the molecule is O=CCC#Cc1sccc1C(=O)O. The molecular formula is C9H6O3S. The van der Waals surface area contributed by atoms with E-state index in [0.717, 1.165) is 0 Å². The van der Waals surface area contributed by atoms with Crippen LogP contribution in [0.3, 0.4) is 0 Å². The summed E-state index contributed by atoms with van der Waals surface area (Å²) in [7, 11) is 0. The van der Waals surface area contributed by atoms with Gasteiger partial charge in [0.25, 0.3) is 0 Å². The second-order valence-electron chi connectivity index (χ2n) is 2.14. The van der Waals surface area contributed by atoms with Crippen LogP contribution in [0, 0.1) is 11.8 Å². The highest BCUT2D eigenvalue weighted by atomic mass is 32.1. The normalized spacial score (nSPS) is 8.62. The van der Waals surface area contributed by atoms with Crippen LogP contribution < -0.4 is 0 Å². The van der Waals surface area contributed by atoms with Crippen molar-refractivity contribution in [2.45, 2.75) is 6.42 Å². The molecule has 0 spiro atoms. The average molecular weight is 194 g/mol. The molecule has 1 heterocycles. The lowest BCUT2D eigenvalue weighted by molar-refractivity contribution is -0.107. The Hall–Kier alpha value is -1.60. The Morgan fingerprint density at radius 2 is 2.46 bits per heavy atom. The maximum Gasteiger partial charge on any atom is 0.337 e. The fraction of sp³-hybridized carbons (Fsp3) is 0.111. The van der Waals surface area contributed by atoms with Crippen LogP contribution in [0.4, 0.5) is 0 Å². The zero-order valence-corrected chi connectivity index (χ0v) is 7.43. The highest BCUT2D eigenvalue weighted by Gasteiger charge is 2.08. The van der Waals surface area contributed by atoms with Gasteiger partial charge in [0.2, 0.25) is 0 Å². The molecule has 0 aliphatic heterocycles. The van der Waals surface area contributed by atoms with Crippen LogP contribution in [0.5, 0.6) is 0 Å². The second-order valence-corrected chi connectivity index (χ2v) is 3.06. The molecule has 0 aliphatic carbocycles. The van der Waals surface area contributed by atoms with E-state index >= 15 is 0 Å². The van der Waals surface area contributed by atoms with Crippen molar-refractivity contribution in [2.75, 3.05) is 0 Å². The van der Waals surface area contributed by atoms with E-state index in [9.17, 15) is 9.59 Å². The van der Waals surface area contributed by atoms with Gasteiger partial charge in [-0.05, 0) is 11.4 Å². The van der Waals surface area contributed by atoms with Gasteiger partial charge < -0.3 is 9.90 Å². The summed E-state index contributed by atoms with van der Waals surface area (Å²) < 4.78 is 0. The Bertz CT molecular complexity index is 381. The van der Waals surface area contributed by atoms with Crippen LogP contribution in [-0.2, 0) is 4.79 Å². The van der Waals surface area contributed by atoms with Crippen LogP contribution in [0.15, 0.2) is 11.4 Å². The maximum absolute atomic E-state index is 10.6. The van der Waals surface area contributed by atoms with Crippen molar-refractivity contribution in [3.05, 3.63) is 21.9 Å². The lowest BCUT2D eigenvalue weighted by atomic mass is 10.2. The highest BCUT2D eigenvalue weighted by molar-refractivity contribution is 7.10. The molecule has 3 nitrogen and oxygen atoms in total. The summed E-state index contributed by atoms with van der Waals surface area (Å²) in [5, 5.41) is 10.3. The van der Waals surface area contributed by atoms with Crippen LogP contribution in [0.1, 0.15) is 21.7 Å². The molecule has 0 atom stereocenters. The minimum atomic E-state index is -0.989. The first-order chi connectivity index (χ1) is 6.25. The smallest absolute Gasteiger partial charge is 0.337 e. The number of hydrogen-bond acceptors (Lipinski definition) is 3. The minimum Gasteiger partial charge on any atom is -0.478 e. The molecule has 66 valence electrons. The third-order valence-corrected chi connectivity index (χ3v) is 2.11. The molecule has 13 heavy (non-hydrogen) atoms. The summed E-state index contributed by atoms with van der Waals surface area (Å²) in [4.78, 5) is 21.0. The number of carboxylic acids is 1. The van der Waals surface area contributed by atoms with E-state index in [4.69, 9.17) is 5.11 Å². The van der Waals surface area contributed by atoms with Gasteiger partial charge in [0, 0.05) is 0 Å². The Kier molecular flexibility index (Phi) is 3.23. The van der Waals surface area contributed by atoms with Crippen molar-refractivity contribution in [3.8, 4) is 11.8 Å². The molecular weight excluding hydrogens is 188 g/mol. The molecule has 0 saturated carbocycles. The van der Waals surface area contributed by atoms with Gasteiger partial charge in [-0.3, -0.25) is 0 Å². The first-order valence-electron chi connectivity index (χ1n) is 3.49. The first-order valence-corrected chi connectivity index (χ1v) is 4.37. The zero-order chi connectivity index (χ0) is 9.68. The summed E-state index contributed by atoms with van der Waals surface area (Å²) in [5.41, 5.74) is 0.198. The number of aldehydes is 1. The summed E-state index contributed by atoms with van der Waals surface area (Å²) in [5.74, 6) is 4.20. The number of aromatic carboxylic acids is 1. The third-order valence-electron chi connectivity index (χ3n) is 1.28. The summed E-state index contributed by atoms with van der Waals surface area (Å²) >= 11 is 1.26. The monoisotopic (exact) mass is 194 g/mol. The zero-order valence-electron chi connectivity index (χ0n) is 6.61. The average Bonchev–Trinajstić information content (AvgIpc) is 2.53. The quantitative estimate of drug-likeness (QED) is 0.571. The predicted molar refractivity (Wildman–Crippen MR) is 48.8 cm³/mol. The minimum absolute atomic E-state index is 0.136. The molecule has 1 aromatic rings. The molecule has 1 N–H and O–H groups in total. The van der Waals surface area contributed by atoms with Gasteiger partial charge in [0.05, 0.1) is 16.9 Å². The molecule has 0 saturated heterocycles. The van der Waals surface area contributed by atoms with E-state index in [-0.39, 0.29) is 12.0 Å². The van der Waals surface area contributed by atoms with Crippen molar-refractivity contribution < 1.29 is 14.7 Å².